The molecule has 0 aliphatic heterocycles. The van der Waals surface area contributed by atoms with Crippen molar-refractivity contribution in [2.24, 2.45) is 0 Å². The molecule has 0 radical (unpaired) electrons. The maximum Gasteiger partial charge on any atom is 0.258 e. The van der Waals surface area contributed by atoms with Crippen LogP contribution in [0.2, 0.25) is 0 Å². The SMILES string of the molecule is CCCCOCCCNC(=O)c1c(O)cccc1O. The fraction of sp³-hybridized carbons (Fsp3) is 0.500. The Morgan fingerprint density at radius 2 is 1.84 bits per heavy atom. The molecule has 106 valence electrons. The van der Waals surface area contributed by atoms with Gasteiger partial charge in [0.25, 0.3) is 5.91 Å². The summed E-state index contributed by atoms with van der Waals surface area (Å²) in [6.45, 7) is 3.87. The highest BCUT2D eigenvalue weighted by molar-refractivity contribution is 5.99. The predicted octanol–water partition coefficient (Wildman–Crippen LogP) is 2.03. The van der Waals surface area contributed by atoms with E-state index in [2.05, 4.69) is 12.2 Å². The highest BCUT2D eigenvalue weighted by Gasteiger charge is 2.14. The molecule has 1 rings (SSSR count). The lowest BCUT2D eigenvalue weighted by Crippen LogP contribution is -2.25. The van der Waals surface area contributed by atoms with E-state index in [1.807, 2.05) is 0 Å². The van der Waals surface area contributed by atoms with Gasteiger partial charge in [0, 0.05) is 19.8 Å². The summed E-state index contributed by atoms with van der Waals surface area (Å²) >= 11 is 0. The second-order valence-corrected chi connectivity index (χ2v) is 4.25. The van der Waals surface area contributed by atoms with Crippen molar-refractivity contribution in [2.45, 2.75) is 26.2 Å². The van der Waals surface area contributed by atoms with E-state index < -0.39 is 5.91 Å². The molecule has 19 heavy (non-hydrogen) atoms. The molecule has 0 fully saturated rings. The van der Waals surface area contributed by atoms with Gasteiger partial charge >= 0.3 is 0 Å². The van der Waals surface area contributed by atoms with Gasteiger partial charge in [-0.05, 0) is 25.0 Å². The Balaban J connectivity index is 2.28. The van der Waals surface area contributed by atoms with Crippen LogP contribution >= 0.6 is 0 Å². The Kier molecular flexibility index (Phi) is 6.74. The maximum absolute atomic E-state index is 11.7. The number of hydrogen-bond acceptors (Lipinski definition) is 4. The van der Waals surface area contributed by atoms with E-state index >= 15 is 0 Å². The van der Waals surface area contributed by atoms with Gasteiger partial charge in [0.15, 0.2) is 0 Å². The van der Waals surface area contributed by atoms with Crippen LogP contribution in [0.1, 0.15) is 36.5 Å². The molecular formula is C14H21NO4. The zero-order valence-electron chi connectivity index (χ0n) is 11.2. The summed E-state index contributed by atoms with van der Waals surface area (Å²) in [5.74, 6) is -0.933. The zero-order valence-corrected chi connectivity index (χ0v) is 11.2. The average Bonchev–Trinajstić information content (AvgIpc) is 2.37. The molecule has 1 amide bonds. The van der Waals surface area contributed by atoms with Crippen LogP contribution in [0.25, 0.3) is 0 Å². The van der Waals surface area contributed by atoms with E-state index in [0.717, 1.165) is 19.4 Å². The van der Waals surface area contributed by atoms with Crippen molar-refractivity contribution in [3.63, 3.8) is 0 Å². The van der Waals surface area contributed by atoms with Gasteiger partial charge in [-0.25, -0.2) is 0 Å². The Hall–Kier alpha value is -1.75. The van der Waals surface area contributed by atoms with Crippen LogP contribution in [0, 0.1) is 0 Å². The first-order chi connectivity index (χ1) is 9.16. The summed E-state index contributed by atoms with van der Waals surface area (Å²) in [4.78, 5) is 11.7. The van der Waals surface area contributed by atoms with E-state index in [1.165, 1.54) is 18.2 Å². The van der Waals surface area contributed by atoms with E-state index in [-0.39, 0.29) is 17.1 Å². The minimum atomic E-state index is -0.482. The summed E-state index contributed by atoms with van der Waals surface area (Å²) in [5, 5.41) is 21.7. The first-order valence-electron chi connectivity index (χ1n) is 6.53. The van der Waals surface area contributed by atoms with Crippen molar-refractivity contribution in [3.8, 4) is 11.5 Å². The van der Waals surface area contributed by atoms with Crippen LogP contribution in [0.5, 0.6) is 11.5 Å². The number of carbonyl (C=O) groups excluding carboxylic acids is 1. The number of benzene rings is 1. The molecule has 0 unspecified atom stereocenters. The van der Waals surface area contributed by atoms with Crippen LogP contribution in [0.3, 0.4) is 0 Å². The summed E-state index contributed by atoms with van der Waals surface area (Å²) < 4.78 is 5.36. The Morgan fingerprint density at radius 1 is 1.21 bits per heavy atom. The van der Waals surface area contributed by atoms with Crippen molar-refractivity contribution in [3.05, 3.63) is 23.8 Å². The monoisotopic (exact) mass is 267 g/mol. The Labute approximate surface area is 113 Å². The maximum atomic E-state index is 11.7. The van der Waals surface area contributed by atoms with Crippen LogP contribution < -0.4 is 5.32 Å². The molecular weight excluding hydrogens is 246 g/mol. The number of nitrogens with one attached hydrogen (secondary N) is 1. The van der Waals surface area contributed by atoms with Gasteiger partial charge in [0.2, 0.25) is 0 Å². The molecule has 0 heterocycles. The van der Waals surface area contributed by atoms with Crippen LogP contribution in [0.4, 0.5) is 0 Å². The van der Waals surface area contributed by atoms with E-state index in [0.29, 0.717) is 19.6 Å². The van der Waals surface area contributed by atoms with Gasteiger partial charge in [-0.3, -0.25) is 4.79 Å². The molecule has 5 nitrogen and oxygen atoms in total. The lowest BCUT2D eigenvalue weighted by molar-refractivity contribution is 0.0935. The van der Waals surface area contributed by atoms with Gasteiger partial charge in [0.05, 0.1) is 0 Å². The van der Waals surface area contributed by atoms with Crippen molar-refractivity contribution in [1.82, 2.24) is 5.32 Å². The molecule has 0 bridgehead atoms. The molecule has 0 aliphatic rings. The number of unbranched alkanes of at least 4 members (excludes halogenated alkanes) is 1. The summed E-state index contributed by atoms with van der Waals surface area (Å²) in [5.41, 5.74) is -0.0885. The molecule has 0 spiro atoms. The minimum absolute atomic E-state index is 0.0885. The summed E-state index contributed by atoms with van der Waals surface area (Å²) in [6, 6.07) is 4.20. The molecule has 0 saturated carbocycles. The topological polar surface area (TPSA) is 78.8 Å². The van der Waals surface area contributed by atoms with Gasteiger partial charge < -0.3 is 20.3 Å². The van der Waals surface area contributed by atoms with Gasteiger partial charge in [-0.1, -0.05) is 19.4 Å². The number of aromatic hydroxyl groups is 2. The number of carbonyl (C=O) groups is 1. The van der Waals surface area contributed by atoms with E-state index in [9.17, 15) is 15.0 Å². The predicted molar refractivity (Wildman–Crippen MR) is 72.4 cm³/mol. The van der Waals surface area contributed by atoms with Crippen LogP contribution in [0.15, 0.2) is 18.2 Å². The molecule has 0 atom stereocenters. The number of hydrogen-bond donors (Lipinski definition) is 3. The summed E-state index contributed by atoms with van der Waals surface area (Å²) in [6.07, 6.45) is 2.84. The molecule has 1 aromatic rings. The Bertz CT molecular complexity index is 386. The first kappa shape index (κ1) is 15.3. The zero-order chi connectivity index (χ0) is 14.1. The number of amides is 1. The van der Waals surface area contributed by atoms with Crippen LogP contribution in [-0.2, 0) is 4.74 Å². The van der Waals surface area contributed by atoms with Gasteiger partial charge in [-0.2, -0.15) is 0 Å². The summed E-state index contributed by atoms with van der Waals surface area (Å²) in [7, 11) is 0. The van der Waals surface area contributed by atoms with Crippen molar-refractivity contribution < 1.29 is 19.7 Å². The molecule has 3 N–H and O–H groups in total. The average molecular weight is 267 g/mol. The Morgan fingerprint density at radius 3 is 2.47 bits per heavy atom. The third-order valence-corrected chi connectivity index (χ3v) is 2.64. The van der Waals surface area contributed by atoms with Crippen molar-refractivity contribution in [2.75, 3.05) is 19.8 Å². The second-order valence-electron chi connectivity index (χ2n) is 4.25. The third-order valence-electron chi connectivity index (χ3n) is 2.64. The minimum Gasteiger partial charge on any atom is -0.507 e. The quantitative estimate of drug-likeness (QED) is 0.630. The lowest BCUT2D eigenvalue weighted by Gasteiger charge is -2.08. The fourth-order valence-corrected chi connectivity index (χ4v) is 1.57. The van der Waals surface area contributed by atoms with E-state index in [4.69, 9.17) is 4.74 Å². The lowest BCUT2D eigenvalue weighted by atomic mass is 10.1. The molecule has 0 aliphatic carbocycles. The second kappa shape index (κ2) is 8.37. The van der Waals surface area contributed by atoms with E-state index in [1.54, 1.807) is 0 Å². The van der Waals surface area contributed by atoms with Crippen molar-refractivity contribution in [1.29, 1.82) is 0 Å². The molecule has 0 aromatic heterocycles. The van der Waals surface area contributed by atoms with Crippen LogP contribution in [-0.4, -0.2) is 35.9 Å². The van der Waals surface area contributed by atoms with Gasteiger partial charge in [0.1, 0.15) is 17.1 Å². The van der Waals surface area contributed by atoms with Gasteiger partial charge in [-0.15, -0.1) is 0 Å². The number of phenolic OH excluding ortho intramolecular Hbond substituents is 2. The molecule has 1 aromatic carbocycles. The smallest absolute Gasteiger partial charge is 0.258 e. The number of rotatable bonds is 8. The highest BCUT2D eigenvalue weighted by atomic mass is 16.5. The fourth-order valence-electron chi connectivity index (χ4n) is 1.57. The highest BCUT2D eigenvalue weighted by Crippen LogP contribution is 2.25. The first-order valence-corrected chi connectivity index (χ1v) is 6.53. The van der Waals surface area contributed by atoms with Crippen molar-refractivity contribution >= 4 is 5.91 Å². The number of ether oxygens (including phenoxy) is 1. The number of phenols is 2. The normalized spacial score (nSPS) is 10.4. The largest absolute Gasteiger partial charge is 0.507 e. The third kappa shape index (κ3) is 5.18. The molecule has 0 saturated heterocycles. The standard InChI is InChI=1S/C14H21NO4/c1-2-3-9-19-10-5-8-15-14(18)13-11(16)6-4-7-12(13)17/h4,6-7,16-17H,2-3,5,8-10H2,1H3,(H,15,18). The molecule has 5 heteroatoms.